The van der Waals surface area contributed by atoms with E-state index in [0.717, 1.165) is 5.38 Å². The van der Waals surface area contributed by atoms with Crippen molar-refractivity contribution in [3.05, 3.63) is 60.7 Å². The van der Waals surface area contributed by atoms with Crippen LogP contribution in [-0.4, -0.2) is 42.2 Å². The standard InChI is InChI=1S/C19H23NO3SSi/c1-15(21)20-18(19(22)23)13-24-14-25(2,16-9-5-3-6-10-16)17-11-7-4-8-12-17/h3-12,18H,13-14H2,1-2H3,(H,20,21)(H,22,23)/t18-/m0/s1. The second kappa shape index (κ2) is 8.87. The van der Waals surface area contributed by atoms with Crippen molar-refractivity contribution in [3.8, 4) is 0 Å². The number of amides is 1. The minimum Gasteiger partial charge on any atom is -0.480 e. The Morgan fingerprint density at radius 2 is 1.52 bits per heavy atom. The van der Waals surface area contributed by atoms with Crippen LogP contribution in [0.15, 0.2) is 60.7 Å². The van der Waals surface area contributed by atoms with Crippen LogP contribution in [0.5, 0.6) is 0 Å². The predicted molar refractivity (Wildman–Crippen MR) is 106 cm³/mol. The Morgan fingerprint density at radius 1 is 1.04 bits per heavy atom. The SMILES string of the molecule is CC(=O)N[C@@H](CSC[Si](C)(c1ccccc1)c1ccccc1)C(=O)O. The average molecular weight is 374 g/mol. The Bertz CT molecular complexity index is 670. The Morgan fingerprint density at radius 3 is 1.92 bits per heavy atom. The molecule has 2 rings (SSSR count). The molecular weight excluding hydrogens is 350 g/mol. The molecular formula is C19H23NO3SSi. The largest absolute Gasteiger partial charge is 0.480 e. The molecule has 0 saturated carbocycles. The zero-order chi connectivity index (χ0) is 18.3. The van der Waals surface area contributed by atoms with E-state index >= 15 is 0 Å². The maximum Gasteiger partial charge on any atom is 0.327 e. The number of carboxylic acids is 1. The van der Waals surface area contributed by atoms with Gasteiger partial charge in [-0.25, -0.2) is 4.79 Å². The van der Waals surface area contributed by atoms with Gasteiger partial charge in [0.15, 0.2) is 0 Å². The highest BCUT2D eigenvalue weighted by Crippen LogP contribution is 2.15. The van der Waals surface area contributed by atoms with Crippen molar-refractivity contribution in [2.45, 2.75) is 19.5 Å². The van der Waals surface area contributed by atoms with Gasteiger partial charge in [-0.1, -0.05) is 77.6 Å². The fourth-order valence-electron chi connectivity index (χ4n) is 2.75. The number of carboxylic acid groups (broad SMARTS) is 1. The average Bonchev–Trinajstić information content (AvgIpc) is 2.61. The third-order valence-corrected chi connectivity index (χ3v) is 11.1. The minimum absolute atomic E-state index is 0.320. The Hall–Kier alpha value is -2.05. The van der Waals surface area contributed by atoms with Gasteiger partial charge in [0.05, 0.1) is 0 Å². The fourth-order valence-corrected chi connectivity index (χ4v) is 8.84. The van der Waals surface area contributed by atoms with Crippen LogP contribution in [0, 0.1) is 0 Å². The first kappa shape index (κ1) is 19.3. The van der Waals surface area contributed by atoms with E-state index in [1.807, 2.05) is 36.4 Å². The summed E-state index contributed by atoms with van der Waals surface area (Å²) in [6, 6.07) is 20.0. The maximum atomic E-state index is 11.3. The number of hydrogen-bond donors (Lipinski definition) is 2. The van der Waals surface area contributed by atoms with Crippen LogP contribution in [-0.2, 0) is 9.59 Å². The molecule has 0 aromatic heterocycles. The van der Waals surface area contributed by atoms with Crippen LogP contribution in [0.3, 0.4) is 0 Å². The summed E-state index contributed by atoms with van der Waals surface area (Å²) in [4.78, 5) is 22.5. The summed E-state index contributed by atoms with van der Waals surface area (Å²) in [5.41, 5.74) is 0. The molecule has 0 fully saturated rings. The van der Waals surface area contributed by atoms with Gasteiger partial charge in [0.1, 0.15) is 14.1 Å². The highest BCUT2D eigenvalue weighted by molar-refractivity contribution is 8.01. The summed E-state index contributed by atoms with van der Waals surface area (Å²) < 4.78 is 0. The lowest BCUT2D eigenvalue weighted by atomic mass is 10.3. The molecule has 6 heteroatoms. The number of carbonyl (C=O) groups excluding carboxylic acids is 1. The van der Waals surface area contributed by atoms with E-state index in [1.165, 1.54) is 17.3 Å². The van der Waals surface area contributed by atoms with Gasteiger partial charge in [-0.15, -0.1) is 0 Å². The Kier molecular flexibility index (Phi) is 6.84. The van der Waals surface area contributed by atoms with E-state index in [4.69, 9.17) is 0 Å². The summed E-state index contributed by atoms with van der Waals surface area (Å²) in [6.07, 6.45) is 0. The van der Waals surface area contributed by atoms with Gasteiger partial charge >= 0.3 is 5.97 Å². The molecule has 0 radical (unpaired) electrons. The first-order chi connectivity index (χ1) is 11.9. The van der Waals surface area contributed by atoms with E-state index in [9.17, 15) is 14.7 Å². The number of aliphatic carboxylic acids is 1. The van der Waals surface area contributed by atoms with Crippen LogP contribution in [0.4, 0.5) is 0 Å². The number of benzene rings is 2. The molecule has 132 valence electrons. The zero-order valence-electron chi connectivity index (χ0n) is 14.4. The second-order valence-electron chi connectivity index (χ2n) is 6.17. The highest BCUT2D eigenvalue weighted by Gasteiger charge is 2.32. The number of nitrogens with one attached hydrogen (secondary N) is 1. The van der Waals surface area contributed by atoms with E-state index in [1.54, 1.807) is 11.8 Å². The Balaban J connectivity index is 2.18. The van der Waals surface area contributed by atoms with E-state index in [0.29, 0.717) is 5.75 Å². The third-order valence-electron chi connectivity index (χ3n) is 4.17. The number of thioether (sulfide) groups is 1. The number of hydrogen-bond acceptors (Lipinski definition) is 3. The molecule has 0 aliphatic heterocycles. The molecule has 0 spiro atoms. The van der Waals surface area contributed by atoms with Gasteiger partial charge in [0.2, 0.25) is 5.91 Å². The van der Waals surface area contributed by atoms with Crippen LogP contribution >= 0.6 is 11.8 Å². The van der Waals surface area contributed by atoms with Gasteiger partial charge in [-0.05, 0) is 5.38 Å². The molecule has 0 unspecified atom stereocenters. The van der Waals surface area contributed by atoms with Crippen molar-refractivity contribution in [2.24, 2.45) is 0 Å². The van der Waals surface area contributed by atoms with Crippen molar-refractivity contribution < 1.29 is 14.7 Å². The van der Waals surface area contributed by atoms with Crippen LogP contribution in [0.1, 0.15) is 6.92 Å². The fraction of sp³-hybridized carbons (Fsp3) is 0.263. The maximum absolute atomic E-state index is 11.3. The summed E-state index contributed by atoms with van der Waals surface area (Å²) in [5.74, 6) is -0.957. The van der Waals surface area contributed by atoms with Crippen molar-refractivity contribution in [2.75, 3.05) is 11.1 Å². The van der Waals surface area contributed by atoms with E-state index in [2.05, 4.69) is 36.1 Å². The lowest BCUT2D eigenvalue weighted by Gasteiger charge is -2.29. The van der Waals surface area contributed by atoms with Crippen LogP contribution < -0.4 is 15.7 Å². The van der Waals surface area contributed by atoms with Crippen molar-refractivity contribution >= 4 is 42.1 Å². The van der Waals surface area contributed by atoms with Crippen LogP contribution in [0.25, 0.3) is 0 Å². The van der Waals surface area contributed by atoms with Gasteiger partial charge in [-0.3, -0.25) is 4.79 Å². The first-order valence-electron chi connectivity index (χ1n) is 8.12. The second-order valence-corrected chi connectivity index (χ2v) is 11.9. The Labute approximate surface area is 153 Å². The molecule has 0 heterocycles. The van der Waals surface area contributed by atoms with Gasteiger partial charge in [0.25, 0.3) is 0 Å². The van der Waals surface area contributed by atoms with Crippen LogP contribution in [0.2, 0.25) is 6.55 Å². The van der Waals surface area contributed by atoms with Gasteiger partial charge in [-0.2, -0.15) is 11.8 Å². The molecule has 0 aliphatic rings. The molecule has 1 amide bonds. The summed E-state index contributed by atoms with van der Waals surface area (Å²) in [5, 5.41) is 15.3. The zero-order valence-corrected chi connectivity index (χ0v) is 16.3. The molecule has 4 nitrogen and oxygen atoms in total. The summed E-state index contributed by atoms with van der Waals surface area (Å²) in [6.45, 7) is 3.65. The molecule has 0 bridgehead atoms. The normalized spacial score (nSPS) is 12.4. The molecule has 0 saturated heterocycles. The lowest BCUT2D eigenvalue weighted by molar-refractivity contribution is -0.140. The lowest BCUT2D eigenvalue weighted by Crippen LogP contribution is -2.58. The molecule has 0 aliphatic carbocycles. The van der Waals surface area contributed by atoms with E-state index in [-0.39, 0.29) is 5.91 Å². The number of carbonyl (C=O) groups is 2. The van der Waals surface area contributed by atoms with Gasteiger partial charge in [0, 0.05) is 12.7 Å². The molecule has 2 aromatic carbocycles. The molecule has 1 atom stereocenters. The van der Waals surface area contributed by atoms with Gasteiger partial charge < -0.3 is 10.4 Å². The summed E-state index contributed by atoms with van der Waals surface area (Å²) in [7, 11) is -1.99. The molecule has 2 N–H and O–H groups in total. The van der Waals surface area contributed by atoms with Crippen molar-refractivity contribution in [1.82, 2.24) is 5.32 Å². The number of rotatable bonds is 8. The molecule has 25 heavy (non-hydrogen) atoms. The monoisotopic (exact) mass is 373 g/mol. The molecule has 2 aromatic rings. The van der Waals surface area contributed by atoms with E-state index < -0.39 is 20.1 Å². The smallest absolute Gasteiger partial charge is 0.327 e. The third kappa shape index (κ3) is 5.21. The minimum atomic E-state index is -1.99. The quantitative estimate of drug-likeness (QED) is 0.692. The predicted octanol–water partition coefficient (Wildman–Crippen LogP) is 1.74. The highest BCUT2D eigenvalue weighted by atomic mass is 32.2. The van der Waals surface area contributed by atoms with Crippen molar-refractivity contribution in [1.29, 1.82) is 0 Å². The first-order valence-corrected chi connectivity index (χ1v) is 12.0. The van der Waals surface area contributed by atoms with Crippen molar-refractivity contribution in [3.63, 3.8) is 0 Å². The topological polar surface area (TPSA) is 66.4 Å². The summed E-state index contributed by atoms with van der Waals surface area (Å²) >= 11 is 1.59.